The van der Waals surface area contributed by atoms with Crippen molar-refractivity contribution < 1.29 is 9.47 Å². The Balaban J connectivity index is 1.38. The van der Waals surface area contributed by atoms with E-state index in [0.717, 1.165) is 25.6 Å². The van der Waals surface area contributed by atoms with E-state index in [0.29, 0.717) is 12.2 Å². The topological polar surface area (TPSA) is 18.5 Å². The Labute approximate surface area is 195 Å². The molecule has 0 bridgehead atoms. The summed E-state index contributed by atoms with van der Waals surface area (Å²) in [6, 6.07) is 0. The van der Waals surface area contributed by atoms with Gasteiger partial charge < -0.3 is 9.47 Å². The maximum Gasteiger partial charge on any atom is 0.0575 e. The van der Waals surface area contributed by atoms with Crippen molar-refractivity contribution in [2.45, 2.75) is 153 Å². The van der Waals surface area contributed by atoms with Gasteiger partial charge in [-0.05, 0) is 70.1 Å². The Morgan fingerprint density at radius 3 is 2.00 bits per heavy atom. The third-order valence-corrected chi connectivity index (χ3v) is 7.52. The van der Waals surface area contributed by atoms with Crippen LogP contribution in [0.15, 0.2) is 0 Å². The highest BCUT2D eigenvalue weighted by molar-refractivity contribution is 4.75. The van der Waals surface area contributed by atoms with Crippen molar-refractivity contribution in [2.24, 2.45) is 5.92 Å². The lowest BCUT2D eigenvalue weighted by molar-refractivity contribution is 0.0367. The second kappa shape index (κ2) is 19.4. The number of ether oxygens (including phenoxy) is 2. The monoisotopic (exact) mass is 434 g/mol. The molecule has 0 aliphatic heterocycles. The van der Waals surface area contributed by atoms with Crippen LogP contribution < -0.4 is 0 Å². The normalized spacial score (nSPS) is 23.5. The van der Waals surface area contributed by atoms with E-state index < -0.39 is 0 Å². The van der Waals surface area contributed by atoms with Gasteiger partial charge in [0.15, 0.2) is 0 Å². The van der Waals surface area contributed by atoms with E-state index in [1.165, 1.54) is 135 Å². The van der Waals surface area contributed by atoms with Crippen LogP contribution in [0, 0.1) is 19.3 Å². The van der Waals surface area contributed by atoms with Crippen molar-refractivity contribution in [3.8, 4) is 0 Å². The Morgan fingerprint density at radius 1 is 0.581 bits per heavy atom. The van der Waals surface area contributed by atoms with Gasteiger partial charge in [-0.2, -0.15) is 0 Å². The van der Waals surface area contributed by atoms with E-state index in [4.69, 9.17) is 9.47 Å². The first kappa shape index (κ1) is 27.2. The fraction of sp³-hybridized carbons (Fsp3) is 0.931. The van der Waals surface area contributed by atoms with Crippen LogP contribution in [-0.2, 0) is 9.47 Å². The van der Waals surface area contributed by atoms with Gasteiger partial charge in [-0.1, -0.05) is 90.4 Å². The minimum absolute atomic E-state index is 0.536. The highest BCUT2D eigenvalue weighted by Gasteiger charge is 2.19. The fourth-order valence-corrected chi connectivity index (χ4v) is 5.44. The van der Waals surface area contributed by atoms with Crippen LogP contribution in [0.5, 0.6) is 0 Å². The molecule has 2 aliphatic carbocycles. The molecule has 0 aromatic heterocycles. The molecule has 2 aliphatic rings. The van der Waals surface area contributed by atoms with Crippen LogP contribution in [0.1, 0.15) is 141 Å². The third-order valence-electron chi connectivity index (χ3n) is 7.52. The Bertz CT molecular complexity index is 375. The largest absolute Gasteiger partial charge is 0.378 e. The van der Waals surface area contributed by atoms with Crippen molar-refractivity contribution in [1.29, 1.82) is 0 Å². The number of unbranched alkanes of at least 4 members (excludes halogenated alkanes) is 9. The van der Waals surface area contributed by atoms with Crippen LogP contribution >= 0.6 is 0 Å². The molecule has 0 heterocycles. The van der Waals surface area contributed by atoms with Gasteiger partial charge in [0.05, 0.1) is 12.2 Å². The molecule has 0 spiro atoms. The van der Waals surface area contributed by atoms with Gasteiger partial charge in [0.2, 0.25) is 0 Å². The first-order chi connectivity index (χ1) is 15.4. The lowest BCUT2D eigenvalue weighted by atomic mass is 9.95. The summed E-state index contributed by atoms with van der Waals surface area (Å²) < 4.78 is 12.4. The lowest BCUT2D eigenvalue weighted by Gasteiger charge is -2.18. The molecule has 3 atom stereocenters. The lowest BCUT2D eigenvalue weighted by Crippen LogP contribution is -2.14. The molecule has 0 saturated heterocycles. The molecule has 0 aromatic rings. The van der Waals surface area contributed by atoms with E-state index >= 15 is 0 Å². The summed E-state index contributed by atoms with van der Waals surface area (Å²) in [7, 11) is 0. The summed E-state index contributed by atoms with van der Waals surface area (Å²) in [5.41, 5.74) is 0. The average molecular weight is 435 g/mol. The van der Waals surface area contributed by atoms with Gasteiger partial charge in [-0.3, -0.25) is 0 Å². The number of hydrogen-bond donors (Lipinski definition) is 0. The maximum absolute atomic E-state index is 6.27. The summed E-state index contributed by atoms with van der Waals surface area (Å²) in [6.45, 7) is 5.89. The smallest absolute Gasteiger partial charge is 0.0575 e. The Kier molecular flexibility index (Phi) is 17.0. The minimum atomic E-state index is 0.536. The highest BCUT2D eigenvalue weighted by atomic mass is 16.5. The standard InChI is InChI=1S/C29H54O2/c1-2-3-4-5-6-7-8-9-12-15-25-30-29-22-16-18-27(23-24-29)19-17-26-31-28-20-13-10-11-14-21-28/h10,27-29H,1-9,11-26H2. The van der Waals surface area contributed by atoms with Crippen molar-refractivity contribution in [1.82, 2.24) is 0 Å². The Morgan fingerprint density at radius 2 is 1.23 bits per heavy atom. The van der Waals surface area contributed by atoms with Crippen LogP contribution in [0.4, 0.5) is 0 Å². The number of hydrogen-bond acceptors (Lipinski definition) is 2. The second-order valence-corrected chi connectivity index (χ2v) is 10.3. The summed E-state index contributed by atoms with van der Waals surface area (Å²) in [6.07, 6.45) is 32.7. The molecule has 0 aromatic carbocycles. The molecule has 31 heavy (non-hydrogen) atoms. The van der Waals surface area contributed by atoms with Crippen LogP contribution in [0.25, 0.3) is 0 Å². The third kappa shape index (κ3) is 14.6. The first-order valence-electron chi connectivity index (χ1n) is 14.2. The van der Waals surface area contributed by atoms with Crippen LogP contribution in [-0.4, -0.2) is 25.4 Å². The zero-order chi connectivity index (χ0) is 21.8. The zero-order valence-corrected chi connectivity index (χ0v) is 20.8. The molecule has 2 heteroatoms. The molecule has 2 rings (SSSR count). The molecule has 0 amide bonds. The predicted octanol–water partition coefficient (Wildman–Crippen LogP) is 9.02. The predicted molar refractivity (Wildman–Crippen MR) is 134 cm³/mol. The van der Waals surface area contributed by atoms with Crippen molar-refractivity contribution >= 4 is 0 Å². The SMILES string of the molecule is [CH2]CCCCCCCCCCCOC1CCCC(CCCOC2CC[CH]CCC2)CC1. The highest BCUT2D eigenvalue weighted by Crippen LogP contribution is 2.29. The van der Waals surface area contributed by atoms with E-state index in [-0.39, 0.29) is 0 Å². The number of rotatable bonds is 17. The maximum atomic E-state index is 6.27. The van der Waals surface area contributed by atoms with Gasteiger partial charge in [-0.15, -0.1) is 0 Å². The average Bonchev–Trinajstić information content (AvgIpc) is 3.18. The van der Waals surface area contributed by atoms with E-state index in [1.54, 1.807) is 0 Å². The van der Waals surface area contributed by atoms with Gasteiger partial charge in [0, 0.05) is 13.2 Å². The van der Waals surface area contributed by atoms with E-state index in [2.05, 4.69) is 13.3 Å². The molecule has 2 saturated carbocycles. The van der Waals surface area contributed by atoms with Crippen molar-refractivity contribution in [3.63, 3.8) is 0 Å². The van der Waals surface area contributed by atoms with E-state index in [1.807, 2.05) is 0 Å². The first-order valence-corrected chi connectivity index (χ1v) is 14.2. The van der Waals surface area contributed by atoms with Crippen LogP contribution in [0.2, 0.25) is 0 Å². The fourth-order valence-electron chi connectivity index (χ4n) is 5.44. The molecule has 0 N–H and O–H groups in total. The van der Waals surface area contributed by atoms with Crippen molar-refractivity contribution in [3.05, 3.63) is 13.3 Å². The molecule has 3 unspecified atom stereocenters. The summed E-state index contributed by atoms with van der Waals surface area (Å²) in [4.78, 5) is 0. The molecule has 2 fully saturated rings. The molecular weight excluding hydrogens is 380 g/mol. The summed E-state index contributed by atoms with van der Waals surface area (Å²) >= 11 is 0. The summed E-state index contributed by atoms with van der Waals surface area (Å²) in [5.74, 6) is 0.910. The molecule has 182 valence electrons. The quantitative estimate of drug-likeness (QED) is 0.168. The van der Waals surface area contributed by atoms with Gasteiger partial charge in [-0.25, -0.2) is 0 Å². The van der Waals surface area contributed by atoms with E-state index in [9.17, 15) is 0 Å². The Hall–Kier alpha value is -0.0800. The molecule has 2 nitrogen and oxygen atoms in total. The summed E-state index contributed by atoms with van der Waals surface area (Å²) in [5, 5.41) is 0. The van der Waals surface area contributed by atoms with Gasteiger partial charge in [0.1, 0.15) is 0 Å². The molecular formula is C29H54O2. The minimum Gasteiger partial charge on any atom is -0.378 e. The van der Waals surface area contributed by atoms with Gasteiger partial charge in [0.25, 0.3) is 0 Å². The van der Waals surface area contributed by atoms with Gasteiger partial charge >= 0.3 is 0 Å². The molecule has 2 radical (unpaired) electrons. The van der Waals surface area contributed by atoms with Crippen LogP contribution in [0.3, 0.4) is 0 Å². The second-order valence-electron chi connectivity index (χ2n) is 10.3. The zero-order valence-electron chi connectivity index (χ0n) is 20.8. The van der Waals surface area contributed by atoms with Crippen molar-refractivity contribution in [2.75, 3.05) is 13.2 Å².